The van der Waals surface area contributed by atoms with Crippen LogP contribution in [0.5, 0.6) is 0 Å². The van der Waals surface area contributed by atoms with Gasteiger partial charge >= 0.3 is 0 Å². The molecule has 1 aliphatic rings. The fraction of sp³-hybridized carbons (Fsp3) is 0.471. The zero-order chi connectivity index (χ0) is 14.7. The molecule has 0 radical (unpaired) electrons. The van der Waals surface area contributed by atoms with E-state index in [-0.39, 0.29) is 0 Å². The van der Waals surface area contributed by atoms with Gasteiger partial charge in [0.25, 0.3) is 0 Å². The van der Waals surface area contributed by atoms with Crippen LogP contribution in [0, 0.1) is 0 Å². The van der Waals surface area contributed by atoms with Crippen molar-refractivity contribution in [2.24, 2.45) is 0 Å². The van der Waals surface area contributed by atoms with Gasteiger partial charge in [0, 0.05) is 16.7 Å². The van der Waals surface area contributed by atoms with E-state index in [0.29, 0.717) is 0 Å². The van der Waals surface area contributed by atoms with E-state index in [1.165, 1.54) is 35.5 Å². The Balaban J connectivity index is 1.96. The average Bonchev–Trinajstić information content (AvgIpc) is 2.93. The Morgan fingerprint density at radius 2 is 2.14 bits per heavy atom. The van der Waals surface area contributed by atoms with Crippen molar-refractivity contribution in [3.8, 4) is 5.69 Å². The highest BCUT2D eigenvalue weighted by Gasteiger charge is 2.17. The number of nitrogens with zero attached hydrogens (tertiary/aromatic N) is 2. The van der Waals surface area contributed by atoms with Crippen molar-refractivity contribution in [3.05, 3.63) is 46.0 Å². The van der Waals surface area contributed by atoms with Gasteiger partial charge in [-0.3, -0.25) is 0 Å². The third-order valence-electron chi connectivity index (χ3n) is 4.08. The largest absolute Gasteiger partial charge is 0.313 e. The summed E-state index contributed by atoms with van der Waals surface area (Å²) in [6.07, 6.45) is 7.97. The molecular weight excluding hydrogens is 326 g/mol. The lowest BCUT2D eigenvalue weighted by Crippen LogP contribution is -2.16. The highest BCUT2D eigenvalue weighted by atomic mass is 79.9. The summed E-state index contributed by atoms with van der Waals surface area (Å²) in [5.41, 5.74) is 5.27. The van der Waals surface area contributed by atoms with Crippen molar-refractivity contribution in [2.45, 2.75) is 45.6 Å². The smallest absolute Gasteiger partial charge is 0.0997 e. The van der Waals surface area contributed by atoms with Gasteiger partial charge in [-0.25, -0.2) is 4.98 Å². The molecule has 3 rings (SSSR count). The number of aromatic nitrogens is 2. The van der Waals surface area contributed by atoms with Crippen molar-refractivity contribution in [3.63, 3.8) is 0 Å². The van der Waals surface area contributed by atoms with E-state index in [9.17, 15) is 0 Å². The molecule has 1 heterocycles. The molecule has 0 saturated heterocycles. The number of hydrogen-bond acceptors (Lipinski definition) is 2. The van der Waals surface area contributed by atoms with E-state index in [1.807, 2.05) is 6.33 Å². The lowest BCUT2D eigenvalue weighted by Gasteiger charge is -2.17. The monoisotopic (exact) mass is 347 g/mol. The number of hydrogen-bond donors (Lipinski definition) is 1. The average molecular weight is 348 g/mol. The van der Waals surface area contributed by atoms with Crippen molar-refractivity contribution in [1.82, 2.24) is 14.9 Å². The molecule has 1 aromatic heterocycles. The van der Waals surface area contributed by atoms with Crippen molar-refractivity contribution in [1.29, 1.82) is 0 Å². The number of imidazole rings is 1. The first-order valence-corrected chi connectivity index (χ1v) is 8.63. The maximum absolute atomic E-state index is 4.63. The fourth-order valence-electron chi connectivity index (χ4n) is 2.99. The predicted octanol–water partition coefficient (Wildman–Crippen LogP) is 4.01. The van der Waals surface area contributed by atoms with Gasteiger partial charge in [0.15, 0.2) is 0 Å². The Kier molecular flexibility index (Phi) is 4.76. The van der Waals surface area contributed by atoms with Crippen LogP contribution in [0.25, 0.3) is 5.69 Å². The molecule has 0 amide bonds. The van der Waals surface area contributed by atoms with E-state index in [2.05, 4.69) is 55.9 Å². The third-order valence-corrected chi connectivity index (χ3v) is 4.57. The van der Waals surface area contributed by atoms with Gasteiger partial charge in [0.1, 0.15) is 0 Å². The summed E-state index contributed by atoms with van der Waals surface area (Å²) < 4.78 is 3.41. The van der Waals surface area contributed by atoms with E-state index in [4.69, 9.17) is 0 Å². The zero-order valence-corrected chi connectivity index (χ0v) is 14.1. The minimum Gasteiger partial charge on any atom is -0.313 e. The highest BCUT2D eigenvalue weighted by Crippen LogP contribution is 2.27. The van der Waals surface area contributed by atoms with E-state index in [0.717, 1.165) is 36.8 Å². The highest BCUT2D eigenvalue weighted by molar-refractivity contribution is 9.10. The second kappa shape index (κ2) is 6.75. The molecule has 4 heteroatoms. The first-order chi connectivity index (χ1) is 10.3. The van der Waals surface area contributed by atoms with Crippen LogP contribution in [0.3, 0.4) is 0 Å². The van der Waals surface area contributed by atoms with Crippen LogP contribution in [0.2, 0.25) is 0 Å². The lowest BCUT2D eigenvalue weighted by atomic mass is 10.0. The molecule has 21 heavy (non-hydrogen) atoms. The van der Waals surface area contributed by atoms with E-state index >= 15 is 0 Å². The fourth-order valence-corrected chi connectivity index (χ4v) is 3.34. The first-order valence-electron chi connectivity index (χ1n) is 7.84. The van der Waals surface area contributed by atoms with Gasteiger partial charge in [0.05, 0.1) is 17.7 Å². The summed E-state index contributed by atoms with van der Waals surface area (Å²) in [4.78, 5) is 4.63. The molecule has 3 nitrogen and oxygen atoms in total. The first kappa shape index (κ1) is 14.8. The van der Waals surface area contributed by atoms with Crippen LogP contribution in [0.15, 0.2) is 29.0 Å². The number of halogens is 1. The maximum atomic E-state index is 4.63. The number of rotatable bonds is 5. The van der Waals surface area contributed by atoms with Crippen LogP contribution >= 0.6 is 15.9 Å². The normalized spacial score (nSPS) is 14.2. The minimum absolute atomic E-state index is 0.906. The van der Waals surface area contributed by atoms with Gasteiger partial charge in [-0.1, -0.05) is 28.9 Å². The molecule has 0 bridgehead atoms. The molecule has 0 atom stereocenters. The number of benzene rings is 1. The molecule has 1 aliphatic carbocycles. The summed E-state index contributed by atoms with van der Waals surface area (Å²) in [5.74, 6) is 0. The number of nitrogens with one attached hydrogen (secondary N) is 1. The van der Waals surface area contributed by atoms with Crippen LogP contribution < -0.4 is 5.32 Å². The molecule has 1 aromatic carbocycles. The molecule has 0 spiro atoms. The zero-order valence-electron chi connectivity index (χ0n) is 12.5. The number of aryl methyl sites for hydroxylation is 1. The second-order valence-electron chi connectivity index (χ2n) is 5.66. The molecule has 0 saturated carbocycles. The molecule has 0 fully saturated rings. The van der Waals surface area contributed by atoms with Crippen LogP contribution in [-0.4, -0.2) is 16.1 Å². The Bertz CT molecular complexity index is 618. The van der Waals surface area contributed by atoms with Gasteiger partial charge in [-0.15, -0.1) is 0 Å². The predicted molar refractivity (Wildman–Crippen MR) is 89.9 cm³/mol. The van der Waals surface area contributed by atoms with Gasteiger partial charge in [-0.2, -0.15) is 0 Å². The Hall–Kier alpha value is -1.13. The van der Waals surface area contributed by atoms with Crippen molar-refractivity contribution >= 4 is 15.9 Å². The third kappa shape index (κ3) is 3.22. The summed E-state index contributed by atoms with van der Waals surface area (Å²) in [6, 6.07) is 6.53. The molecule has 2 aromatic rings. The van der Waals surface area contributed by atoms with E-state index < -0.39 is 0 Å². The Morgan fingerprint density at radius 1 is 1.29 bits per heavy atom. The van der Waals surface area contributed by atoms with Gasteiger partial charge < -0.3 is 9.88 Å². The van der Waals surface area contributed by atoms with Gasteiger partial charge in [-0.05, 0) is 56.3 Å². The van der Waals surface area contributed by atoms with Crippen LogP contribution in [-0.2, 0) is 19.4 Å². The summed E-state index contributed by atoms with van der Waals surface area (Å²) in [5, 5.41) is 3.50. The molecule has 112 valence electrons. The SMILES string of the molecule is CCCNCc1ccc(Br)cc1-n1cnc2c1CCCC2. The van der Waals surface area contributed by atoms with E-state index in [1.54, 1.807) is 0 Å². The molecule has 0 unspecified atom stereocenters. The number of fused-ring (bicyclic) bond motifs is 1. The minimum atomic E-state index is 0.906. The van der Waals surface area contributed by atoms with Crippen LogP contribution in [0.4, 0.5) is 0 Å². The standard InChI is InChI=1S/C17H22BrN3/c1-2-9-19-11-13-7-8-14(18)10-17(13)21-12-20-15-5-3-4-6-16(15)21/h7-8,10,12,19H,2-6,9,11H2,1H3. The molecular formula is C17H22BrN3. The lowest BCUT2D eigenvalue weighted by molar-refractivity contribution is 0.650. The van der Waals surface area contributed by atoms with Crippen molar-refractivity contribution in [2.75, 3.05) is 6.54 Å². The van der Waals surface area contributed by atoms with Gasteiger partial charge in [0.2, 0.25) is 0 Å². The quantitative estimate of drug-likeness (QED) is 0.828. The molecule has 0 aliphatic heterocycles. The van der Waals surface area contributed by atoms with Crippen molar-refractivity contribution < 1.29 is 0 Å². The summed E-state index contributed by atoms with van der Waals surface area (Å²) >= 11 is 3.61. The maximum Gasteiger partial charge on any atom is 0.0997 e. The van der Waals surface area contributed by atoms with Crippen LogP contribution in [0.1, 0.15) is 43.1 Å². The Morgan fingerprint density at radius 3 is 3.00 bits per heavy atom. The summed E-state index contributed by atoms with van der Waals surface area (Å²) in [6.45, 7) is 4.16. The second-order valence-corrected chi connectivity index (χ2v) is 6.58. The topological polar surface area (TPSA) is 29.9 Å². The molecule has 1 N–H and O–H groups in total. The summed E-state index contributed by atoms with van der Waals surface area (Å²) in [7, 11) is 0. The Labute approximate surface area is 134 Å².